The first-order valence-corrected chi connectivity index (χ1v) is 7.91. The van der Waals surface area contributed by atoms with E-state index in [-0.39, 0.29) is 0 Å². The van der Waals surface area contributed by atoms with Gasteiger partial charge in [-0.2, -0.15) is 0 Å². The number of anilines is 1. The van der Waals surface area contributed by atoms with E-state index in [1.54, 1.807) is 0 Å². The maximum absolute atomic E-state index is 4.49. The van der Waals surface area contributed by atoms with Gasteiger partial charge in [-0.3, -0.25) is 0 Å². The number of para-hydroxylation sites is 2. The highest BCUT2D eigenvalue weighted by molar-refractivity contribution is 5.77. The number of imidazole rings is 1. The fraction of sp³-hybridized carbons (Fsp3) is 0.278. The third kappa shape index (κ3) is 3.08. The Balaban J connectivity index is 1.83. The molecule has 0 amide bonds. The Hall–Kier alpha value is -2.69. The van der Waals surface area contributed by atoms with Crippen LogP contribution in [0.2, 0.25) is 0 Å². The zero-order chi connectivity index (χ0) is 16.2. The molecule has 0 unspecified atom stereocenters. The SMILES string of the molecule is CCN(CC)c1ccc(N=Nc2nc3ccccc3n2C)cc1. The highest BCUT2D eigenvalue weighted by atomic mass is 15.3. The summed E-state index contributed by atoms with van der Waals surface area (Å²) in [6.07, 6.45) is 0. The smallest absolute Gasteiger partial charge is 0.250 e. The zero-order valence-electron chi connectivity index (χ0n) is 13.8. The van der Waals surface area contributed by atoms with Crippen molar-refractivity contribution in [3.8, 4) is 0 Å². The molecule has 0 aliphatic heterocycles. The summed E-state index contributed by atoms with van der Waals surface area (Å²) in [6.45, 7) is 6.31. The molecule has 3 aromatic rings. The van der Waals surface area contributed by atoms with E-state index in [2.05, 4.69) is 46.1 Å². The van der Waals surface area contributed by atoms with Gasteiger partial charge in [0.2, 0.25) is 5.95 Å². The van der Waals surface area contributed by atoms with Crippen LogP contribution in [0.1, 0.15) is 13.8 Å². The molecule has 0 spiro atoms. The van der Waals surface area contributed by atoms with Crippen LogP contribution in [-0.2, 0) is 7.05 Å². The van der Waals surface area contributed by atoms with Crippen LogP contribution in [0.4, 0.5) is 17.3 Å². The lowest BCUT2D eigenvalue weighted by Gasteiger charge is -2.20. The highest BCUT2D eigenvalue weighted by Crippen LogP contribution is 2.24. The van der Waals surface area contributed by atoms with Gasteiger partial charge in [0.15, 0.2) is 0 Å². The van der Waals surface area contributed by atoms with Crippen molar-refractivity contribution in [2.24, 2.45) is 17.3 Å². The standard InChI is InChI=1S/C18H21N5/c1-4-23(5-2)15-12-10-14(11-13-15)20-21-18-19-16-8-6-7-9-17(16)22(18)3/h6-13H,4-5H2,1-3H3. The van der Waals surface area contributed by atoms with Gasteiger partial charge in [0.05, 0.1) is 16.7 Å². The molecular weight excluding hydrogens is 286 g/mol. The molecule has 3 rings (SSSR count). The largest absolute Gasteiger partial charge is 0.372 e. The molecule has 5 nitrogen and oxygen atoms in total. The number of nitrogens with zero attached hydrogens (tertiary/aromatic N) is 5. The van der Waals surface area contributed by atoms with E-state index in [1.807, 2.05) is 48.0 Å². The summed E-state index contributed by atoms with van der Waals surface area (Å²) in [5.41, 5.74) is 4.02. The number of hydrogen-bond acceptors (Lipinski definition) is 4. The summed E-state index contributed by atoms with van der Waals surface area (Å²) >= 11 is 0. The maximum Gasteiger partial charge on any atom is 0.250 e. The van der Waals surface area contributed by atoms with Crippen LogP contribution in [0.5, 0.6) is 0 Å². The van der Waals surface area contributed by atoms with E-state index in [0.717, 1.165) is 29.8 Å². The average Bonchev–Trinajstić information content (AvgIpc) is 2.92. The predicted molar refractivity (Wildman–Crippen MR) is 94.9 cm³/mol. The quantitative estimate of drug-likeness (QED) is 0.633. The van der Waals surface area contributed by atoms with Crippen molar-refractivity contribution in [3.05, 3.63) is 48.5 Å². The van der Waals surface area contributed by atoms with E-state index in [9.17, 15) is 0 Å². The van der Waals surface area contributed by atoms with Gasteiger partial charge in [0.25, 0.3) is 0 Å². The van der Waals surface area contributed by atoms with Gasteiger partial charge in [-0.1, -0.05) is 12.1 Å². The molecule has 0 atom stereocenters. The lowest BCUT2D eigenvalue weighted by atomic mass is 10.2. The summed E-state index contributed by atoms with van der Waals surface area (Å²) in [4.78, 5) is 6.79. The molecule has 0 bridgehead atoms. The zero-order valence-corrected chi connectivity index (χ0v) is 13.8. The number of azo groups is 1. The van der Waals surface area contributed by atoms with Gasteiger partial charge in [-0.15, -0.1) is 10.2 Å². The molecule has 23 heavy (non-hydrogen) atoms. The Kier molecular flexibility index (Phi) is 4.37. The Morgan fingerprint density at radius 1 is 0.957 bits per heavy atom. The van der Waals surface area contributed by atoms with Gasteiger partial charge in [0, 0.05) is 25.8 Å². The highest BCUT2D eigenvalue weighted by Gasteiger charge is 2.06. The molecule has 5 heteroatoms. The van der Waals surface area contributed by atoms with Crippen LogP contribution in [0.3, 0.4) is 0 Å². The van der Waals surface area contributed by atoms with Crippen LogP contribution in [0.25, 0.3) is 11.0 Å². The summed E-state index contributed by atoms with van der Waals surface area (Å²) < 4.78 is 1.95. The summed E-state index contributed by atoms with van der Waals surface area (Å²) in [5.74, 6) is 0.610. The van der Waals surface area contributed by atoms with Gasteiger partial charge in [-0.25, -0.2) is 4.98 Å². The van der Waals surface area contributed by atoms with Crippen LogP contribution in [0.15, 0.2) is 58.8 Å². The fourth-order valence-corrected chi connectivity index (χ4v) is 2.64. The van der Waals surface area contributed by atoms with Crippen molar-refractivity contribution < 1.29 is 0 Å². The Morgan fingerprint density at radius 2 is 1.65 bits per heavy atom. The third-order valence-corrected chi connectivity index (χ3v) is 4.00. The van der Waals surface area contributed by atoms with E-state index in [4.69, 9.17) is 0 Å². The topological polar surface area (TPSA) is 45.8 Å². The second-order valence-electron chi connectivity index (χ2n) is 5.35. The summed E-state index contributed by atoms with van der Waals surface area (Å²) in [7, 11) is 1.95. The van der Waals surface area contributed by atoms with Crippen molar-refractivity contribution in [1.82, 2.24) is 9.55 Å². The molecule has 0 aliphatic carbocycles. The summed E-state index contributed by atoms with van der Waals surface area (Å²) in [5, 5.41) is 8.60. The van der Waals surface area contributed by atoms with Crippen LogP contribution < -0.4 is 4.90 Å². The monoisotopic (exact) mass is 307 g/mol. The Morgan fingerprint density at radius 3 is 2.30 bits per heavy atom. The minimum absolute atomic E-state index is 0.610. The van der Waals surface area contributed by atoms with Crippen LogP contribution in [0, 0.1) is 0 Å². The summed E-state index contributed by atoms with van der Waals surface area (Å²) in [6, 6.07) is 16.1. The van der Waals surface area contributed by atoms with E-state index in [1.165, 1.54) is 5.69 Å². The van der Waals surface area contributed by atoms with Crippen molar-refractivity contribution in [3.63, 3.8) is 0 Å². The number of benzene rings is 2. The van der Waals surface area contributed by atoms with Crippen LogP contribution >= 0.6 is 0 Å². The van der Waals surface area contributed by atoms with Gasteiger partial charge >= 0.3 is 0 Å². The first kappa shape index (κ1) is 15.2. The first-order valence-electron chi connectivity index (χ1n) is 7.91. The number of fused-ring (bicyclic) bond motifs is 1. The molecule has 0 saturated carbocycles. The van der Waals surface area contributed by atoms with Crippen molar-refractivity contribution >= 4 is 28.4 Å². The van der Waals surface area contributed by atoms with E-state index < -0.39 is 0 Å². The number of rotatable bonds is 5. The number of aromatic nitrogens is 2. The minimum Gasteiger partial charge on any atom is -0.372 e. The van der Waals surface area contributed by atoms with Crippen molar-refractivity contribution in [2.45, 2.75) is 13.8 Å². The normalized spacial score (nSPS) is 11.4. The van der Waals surface area contributed by atoms with Gasteiger partial charge in [-0.05, 0) is 50.2 Å². The number of aryl methyl sites for hydroxylation is 1. The molecule has 0 aliphatic rings. The molecule has 0 N–H and O–H groups in total. The molecule has 1 heterocycles. The van der Waals surface area contributed by atoms with E-state index in [0.29, 0.717) is 5.95 Å². The second-order valence-corrected chi connectivity index (χ2v) is 5.35. The second kappa shape index (κ2) is 6.60. The third-order valence-electron chi connectivity index (χ3n) is 4.00. The Labute approximate surface area is 136 Å². The molecular formula is C18H21N5. The lowest BCUT2D eigenvalue weighted by molar-refractivity contribution is 0.866. The van der Waals surface area contributed by atoms with E-state index >= 15 is 0 Å². The molecule has 1 aromatic heterocycles. The number of hydrogen-bond donors (Lipinski definition) is 0. The fourth-order valence-electron chi connectivity index (χ4n) is 2.64. The molecule has 0 saturated heterocycles. The lowest BCUT2D eigenvalue weighted by Crippen LogP contribution is -2.21. The molecule has 0 fully saturated rings. The minimum atomic E-state index is 0.610. The van der Waals surface area contributed by atoms with Crippen LogP contribution in [-0.4, -0.2) is 22.6 Å². The van der Waals surface area contributed by atoms with Gasteiger partial charge in [0.1, 0.15) is 0 Å². The Bertz CT molecular complexity index is 813. The first-order chi connectivity index (χ1) is 11.2. The van der Waals surface area contributed by atoms with Crippen molar-refractivity contribution in [1.29, 1.82) is 0 Å². The van der Waals surface area contributed by atoms with Gasteiger partial charge < -0.3 is 9.47 Å². The molecule has 118 valence electrons. The van der Waals surface area contributed by atoms with Crippen molar-refractivity contribution in [2.75, 3.05) is 18.0 Å². The molecule has 0 radical (unpaired) electrons. The average molecular weight is 307 g/mol. The molecule has 2 aromatic carbocycles. The maximum atomic E-state index is 4.49. The predicted octanol–water partition coefficient (Wildman–Crippen LogP) is 4.83.